The minimum absolute atomic E-state index is 0. The zero-order chi connectivity index (χ0) is 28.4. The number of benzene rings is 3. The molecule has 1 unspecified atom stereocenters. The third-order valence-electron chi connectivity index (χ3n) is 9.57. The van der Waals surface area contributed by atoms with Crippen LogP contribution in [0, 0.1) is 13.8 Å². The summed E-state index contributed by atoms with van der Waals surface area (Å²) in [6.07, 6.45) is 7.29. The molecule has 42 heavy (non-hydrogen) atoms. The third-order valence-corrected chi connectivity index (χ3v) is 17.0. The van der Waals surface area contributed by atoms with Crippen LogP contribution in [0.3, 0.4) is 0 Å². The SMILES string of the molecule is CCCCc1ccc([Si](c2ccc(CCCC)cc2)(c2cc(C)cc(C)c2)C2(C)C(C)=C(C)C(C)=[C]2[Ti+3])cc1.[Cl-].[Cl-].[Cl-]. The van der Waals surface area contributed by atoms with E-state index in [1.165, 1.54) is 74.6 Å². The molecule has 1 atom stereocenters. The van der Waals surface area contributed by atoms with Crippen molar-refractivity contribution in [2.45, 2.75) is 99.0 Å². The fourth-order valence-corrected chi connectivity index (χ4v) is 14.8. The summed E-state index contributed by atoms with van der Waals surface area (Å²) in [7, 11) is -2.61. The topological polar surface area (TPSA) is 0 Å². The van der Waals surface area contributed by atoms with Crippen LogP contribution in [0.2, 0.25) is 5.04 Å². The Hall–Kier alpha value is -1.06. The van der Waals surface area contributed by atoms with Gasteiger partial charge in [-0.3, -0.25) is 0 Å². The van der Waals surface area contributed by atoms with E-state index in [1.807, 2.05) is 0 Å². The monoisotopic (exact) mass is 672 g/mol. The van der Waals surface area contributed by atoms with E-state index in [2.05, 4.69) is 143 Å². The number of aryl methyl sites for hydroxylation is 4. The molecule has 1 aliphatic carbocycles. The van der Waals surface area contributed by atoms with Crippen molar-refractivity contribution >= 4 is 23.6 Å². The largest absolute Gasteiger partial charge is 1.00 e. The molecule has 0 aromatic heterocycles. The normalized spacial score (nSPS) is 16.6. The standard InChI is InChI=1S/C37H47Si.3ClH.Ti/c1-9-11-13-32-15-19-34(20-16-32)38(36-24-27(3)23-28(4)25-36,37(8)26-29(5)30(6)31(37)7)35-21-17-33(18-22-35)14-12-10-2;;;;/h15-25H,9-14H2,1-8H3;3*1H;/q;;;;+3/p-3. The fourth-order valence-electron chi connectivity index (χ4n) is 7.04. The second-order valence-electron chi connectivity index (χ2n) is 12.1. The van der Waals surface area contributed by atoms with Crippen LogP contribution in [-0.4, -0.2) is 8.07 Å². The van der Waals surface area contributed by atoms with Crippen molar-refractivity contribution in [3.8, 4) is 0 Å². The Morgan fingerprint density at radius 3 is 1.33 bits per heavy atom. The Balaban J connectivity index is 0.00000294. The Labute approximate surface area is 287 Å². The second-order valence-corrected chi connectivity index (χ2v) is 17.1. The molecule has 3 aromatic carbocycles. The van der Waals surface area contributed by atoms with E-state index >= 15 is 0 Å². The molecule has 224 valence electrons. The predicted molar refractivity (Wildman–Crippen MR) is 170 cm³/mol. The van der Waals surface area contributed by atoms with Gasteiger partial charge in [0.2, 0.25) is 0 Å². The van der Waals surface area contributed by atoms with Gasteiger partial charge in [-0.2, -0.15) is 0 Å². The van der Waals surface area contributed by atoms with E-state index in [1.54, 1.807) is 9.45 Å². The van der Waals surface area contributed by atoms with Gasteiger partial charge in [0.1, 0.15) is 0 Å². The maximum absolute atomic E-state index is 2.61. The first-order valence-electron chi connectivity index (χ1n) is 15.0. The molecule has 0 spiro atoms. The third kappa shape index (κ3) is 6.93. The van der Waals surface area contributed by atoms with Gasteiger partial charge in [0.25, 0.3) is 0 Å². The van der Waals surface area contributed by atoms with Crippen LogP contribution in [0.1, 0.15) is 89.5 Å². The fraction of sp³-hybridized carbons (Fsp3) is 0.405. The van der Waals surface area contributed by atoms with Crippen molar-refractivity contribution in [1.82, 2.24) is 0 Å². The maximum atomic E-state index is 2.58. The molecule has 4 rings (SSSR count). The quantitative estimate of drug-likeness (QED) is 0.200. The summed E-state index contributed by atoms with van der Waals surface area (Å²) in [4.78, 5) is 0. The molecule has 1 aliphatic rings. The molecule has 0 aliphatic heterocycles. The number of halogens is 3. The number of hydrogen-bond acceptors (Lipinski definition) is 0. The molecule has 5 heteroatoms. The van der Waals surface area contributed by atoms with Crippen molar-refractivity contribution in [2.75, 3.05) is 0 Å². The zero-order valence-electron chi connectivity index (χ0n) is 26.7. The molecular formula is C37H47Cl3SiTi. The Morgan fingerprint density at radius 1 is 0.595 bits per heavy atom. The summed E-state index contributed by atoms with van der Waals surface area (Å²) in [5.41, 5.74) is 10.2. The number of unbranched alkanes of at least 4 members (excludes halogenated alkanes) is 2. The smallest absolute Gasteiger partial charge is 1.00 e. The van der Waals surface area contributed by atoms with Gasteiger partial charge in [-0.1, -0.05) is 0 Å². The zero-order valence-corrected chi connectivity index (χ0v) is 31.6. The second kappa shape index (κ2) is 16.3. The number of rotatable bonds is 10. The summed E-state index contributed by atoms with van der Waals surface area (Å²) < 4.78 is 1.55. The van der Waals surface area contributed by atoms with Gasteiger partial charge in [-0.15, -0.1) is 0 Å². The molecule has 0 saturated heterocycles. The van der Waals surface area contributed by atoms with Gasteiger partial charge in [0.05, 0.1) is 0 Å². The van der Waals surface area contributed by atoms with Crippen LogP contribution in [-0.2, 0) is 33.3 Å². The van der Waals surface area contributed by atoms with Gasteiger partial charge in [0, 0.05) is 0 Å². The van der Waals surface area contributed by atoms with Crippen molar-refractivity contribution < 1.29 is 57.7 Å². The van der Waals surface area contributed by atoms with Crippen molar-refractivity contribution in [3.63, 3.8) is 0 Å². The molecule has 0 amide bonds. The van der Waals surface area contributed by atoms with E-state index in [-0.39, 0.29) is 42.3 Å². The van der Waals surface area contributed by atoms with Gasteiger partial charge < -0.3 is 37.2 Å². The molecule has 0 saturated carbocycles. The molecule has 0 heterocycles. The molecule has 0 radical (unpaired) electrons. The Morgan fingerprint density at radius 2 is 1.00 bits per heavy atom. The van der Waals surface area contributed by atoms with Crippen LogP contribution in [0.5, 0.6) is 0 Å². The summed E-state index contributed by atoms with van der Waals surface area (Å²) in [6.45, 7) is 18.8. The first-order chi connectivity index (χ1) is 18.6. The number of allylic oxidation sites excluding steroid dienone is 4. The van der Waals surface area contributed by atoms with E-state index in [0.717, 1.165) is 12.8 Å². The van der Waals surface area contributed by atoms with Gasteiger partial charge in [0.15, 0.2) is 0 Å². The minimum atomic E-state index is -2.61. The average Bonchev–Trinajstić information content (AvgIpc) is 3.07. The van der Waals surface area contributed by atoms with Gasteiger partial charge in [-0.05, 0) is 0 Å². The maximum Gasteiger partial charge on any atom is -1.00 e. The number of hydrogen-bond donors (Lipinski definition) is 0. The molecule has 3 aromatic rings. The van der Waals surface area contributed by atoms with Gasteiger partial charge in [-0.25, -0.2) is 0 Å². The molecular weight excluding hydrogens is 627 g/mol. The van der Waals surface area contributed by atoms with E-state index < -0.39 is 8.07 Å². The molecule has 0 fully saturated rings. The van der Waals surface area contributed by atoms with Crippen molar-refractivity contribution in [2.24, 2.45) is 0 Å². The van der Waals surface area contributed by atoms with E-state index in [9.17, 15) is 0 Å². The van der Waals surface area contributed by atoms with Crippen LogP contribution in [0.25, 0.3) is 0 Å². The van der Waals surface area contributed by atoms with Crippen LogP contribution >= 0.6 is 0 Å². The van der Waals surface area contributed by atoms with Crippen LogP contribution in [0.4, 0.5) is 0 Å². The van der Waals surface area contributed by atoms with Crippen LogP contribution in [0.15, 0.2) is 87.3 Å². The van der Waals surface area contributed by atoms with E-state index in [4.69, 9.17) is 0 Å². The van der Waals surface area contributed by atoms with Crippen molar-refractivity contribution in [1.29, 1.82) is 0 Å². The Bertz CT molecular complexity index is 1290. The average molecular weight is 674 g/mol. The van der Waals surface area contributed by atoms with Gasteiger partial charge >= 0.3 is 253 Å². The summed E-state index contributed by atoms with van der Waals surface area (Å²) >= 11 is 2.42. The summed E-state index contributed by atoms with van der Waals surface area (Å²) in [5, 5.41) is 4.53. The van der Waals surface area contributed by atoms with Crippen LogP contribution < -0.4 is 52.8 Å². The predicted octanol–water partition coefficient (Wildman–Crippen LogP) is -0.598. The van der Waals surface area contributed by atoms with Crippen molar-refractivity contribution in [3.05, 3.63) is 110 Å². The molecule has 0 N–H and O–H groups in total. The first-order valence-corrected chi connectivity index (χ1v) is 17.8. The minimum Gasteiger partial charge on any atom is -1.00 e. The Kier molecular flexibility index (Phi) is 15.1. The van der Waals surface area contributed by atoms with E-state index in [0.29, 0.717) is 0 Å². The molecule has 0 nitrogen and oxygen atoms in total. The first kappa shape index (κ1) is 39.0. The summed E-state index contributed by atoms with van der Waals surface area (Å²) in [5.74, 6) is 0. The summed E-state index contributed by atoms with van der Waals surface area (Å²) in [6, 6.07) is 27.1. The molecule has 0 bridgehead atoms.